The highest BCUT2D eigenvalue weighted by molar-refractivity contribution is 5.93. The molecule has 0 bridgehead atoms. The topological polar surface area (TPSA) is 78.1 Å². The summed E-state index contributed by atoms with van der Waals surface area (Å²) in [6, 6.07) is 6.64. The number of para-hydroxylation sites is 1. The number of hydrogen-bond donors (Lipinski definition) is 2. The molecule has 0 spiro atoms. The van der Waals surface area contributed by atoms with Gasteiger partial charge in [0.15, 0.2) is 0 Å². The van der Waals surface area contributed by atoms with E-state index in [2.05, 4.69) is 15.3 Å². The molecule has 0 radical (unpaired) electrons. The molecule has 1 fully saturated rings. The number of carbonyl (C=O) groups is 1. The molecule has 1 amide bonds. The fourth-order valence-corrected chi connectivity index (χ4v) is 3.17. The summed E-state index contributed by atoms with van der Waals surface area (Å²) in [5, 5.41) is 2.90. The first kappa shape index (κ1) is 19.1. The second kappa shape index (κ2) is 7.50. The number of carbonyl (C=O) groups excluding carboxylic acids is 1. The van der Waals surface area contributed by atoms with Crippen molar-refractivity contribution >= 4 is 11.6 Å². The van der Waals surface area contributed by atoms with E-state index >= 15 is 0 Å². The molecule has 2 N–H and O–H groups in total. The first-order chi connectivity index (χ1) is 12.8. The highest BCUT2D eigenvalue weighted by Gasteiger charge is 2.24. The number of anilines is 1. The maximum atomic E-state index is 13.9. The van der Waals surface area contributed by atoms with Crippen LogP contribution in [0.4, 0.5) is 10.1 Å². The smallest absolute Gasteiger partial charge is 0.263 e. The number of H-pyrrole nitrogens is 1. The van der Waals surface area contributed by atoms with Crippen molar-refractivity contribution < 1.29 is 9.18 Å². The van der Waals surface area contributed by atoms with Gasteiger partial charge in [-0.25, -0.2) is 9.37 Å². The Morgan fingerprint density at radius 1 is 1.26 bits per heavy atom. The zero-order chi connectivity index (χ0) is 19.6. The van der Waals surface area contributed by atoms with Crippen molar-refractivity contribution in [3.63, 3.8) is 0 Å². The van der Waals surface area contributed by atoms with Crippen molar-refractivity contribution in [2.75, 3.05) is 18.0 Å². The van der Waals surface area contributed by atoms with Crippen LogP contribution in [0.5, 0.6) is 0 Å². The fraction of sp³-hybridized carbons (Fsp3) is 0.450. The maximum Gasteiger partial charge on any atom is 0.263 e. The normalized spacial score (nSPS) is 15.6. The molecule has 27 heavy (non-hydrogen) atoms. The summed E-state index contributed by atoms with van der Waals surface area (Å²) in [5.41, 5.74) is -0.135. The van der Waals surface area contributed by atoms with Gasteiger partial charge in [0.25, 0.3) is 11.5 Å². The Morgan fingerprint density at radius 3 is 2.52 bits per heavy atom. The summed E-state index contributed by atoms with van der Waals surface area (Å²) in [4.78, 5) is 33.6. The number of nitrogens with zero attached hydrogens (tertiary/aromatic N) is 2. The molecule has 1 aromatic carbocycles. The van der Waals surface area contributed by atoms with Gasteiger partial charge in [0.1, 0.15) is 17.2 Å². The molecule has 1 aromatic heterocycles. The number of aromatic amines is 1. The van der Waals surface area contributed by atoms with Crippen LogP contribution in [-0.2, 0) is 5.41 Å². The number of hydrogen-bond acceptors (Lipinski definition) is 4. The van der Waals surface area contributed by atoms with Crippen LogP contribution in [0.3, 0.4) is 0 Å². The monoisotopic (exact) mass is 372 g/mol. The molecule has 3 rings (SSSR count). The molecule has 0 aliphatic carbocycles. The largest absolute Gasteiger partial charge is 0.369 e. The van der Waals surface area contributed by atoms with E-state index < -0.39 is 11.5 Å². The molecule has 0 atom stereocenters. The van der Waals surface area contributed by atoms with Crippen molar-refractivity contribution in [2.45, 2.75) is 45.1 Å². The standard InChI is InChI=1S/C20H25FN4O2/c1-20(2,3)19-22-12-14(18(27)24-19)17(26)23-13-8-10-25(11-9-13)16-7-5-4-6-15(16)21/h4-7,12-13H,8-11H2,1-3H3,(H,23,26)(H,22,24,27). The van der Waals surface area contributed by atoms with E-state index in [1.54, 1.807) is 12.1 Å². The third-order valence-corrected chi connectivity index (χ3v) is 4.78. The zero-order valence-corrected chi connectivity index (χ0v) is 15.9. The average molecular weight is 372 g/mol. The van der Waals surface area contributed by atoms with E-state index in [1.807, 2.05) is 31.7 Å². The Balaban J connectivity index is 1.62. The van der Waals surface area contributed by atoms with Crippen LogP contribution in [0.1, 0.15) is 49.8 Å². The van der Waals surface area contributed by atoms with Crippen LogP contribution in [0.25, 0.3) is 0 Å². The van der Waals surface area contributed by atoms with Crippen molar-refractivity contribution in [1.82, 2.24) is 15.3 Å². The molecule has 2 aromatic rings. The number of benzene rings is 1. The highest BCUT2D eigenvalue weighted by atomic mass is 19.1. The first-order valence-corrected chi connectivity index (χ1v) is 9.16. The lowest BCUT2D eigenvalue weighted by molar-refractivity contribution is 0.0929. The van der Waals surface area contributed by atoms with Gasteiger partial charge in [-0.1, -0.05) is 32.9 Å². The van der Waals surface area contributed by atoms with Gasteiger partial charge >= 0.3 is 0 Å². The third-order valence-electron chi connectivity index (χ3n) is 4.78. The van der Waals surface area contributed by atoms with Gasteiger partial charge in [-0.2, -0.15) is 0 Å². The SMILES string of the molecule is CC(C)(C)c1ncc(C(=O)NC2CCN(c3ccccc3F)CC2)c(=O)[nH]1. The minimum absolute atomic E-state index is 0.0135. The molecule has 7 heteroatoms. The Labute approximate surface area is 157 Å². The first-order valence-electron chi connectivity index (χ1n) is 9.16. The summed E-state index contributed by atoms with van der Waals surface area (Å²) in [7, 11) is 0. The summed E-state index contributed by atoms with van der Waals surface area (Å²) in [5.74, 6) is -0.118. The van der Waals surface area contributed by atoms with Crippen LogP contribution < -0.4 is 15.8 Å². The number of amides is 1. The molecule has 0 saturated carbocycles. The molecule has 2 heterocycles. The molecular formula is C20H25FN4O2. The van der Waals surface area contributed by atoms with E-state index in [-0.39, 0.29) is 22.8 Å². The van der Waals surface area contributed by atoms with Crippen LogP contribution in [0.15, 0.2) is 35.3 Å². The van der Waals surface area contributed by atoms with Crippen molar-refractivity contribution in [3.8, 4) is 0 Å². The number of rotatable bonds is 3. The molecule has 1 aliphatic heterocycles. The third kappa shape index (κ3) is 4.35. The molecule has 6 nitrogen and oxygen atoms in total. The molecule has 144 valence electrons. The second-order valence-electron chi connectivity index (χ2n) is 7.91. The van der Waals surface area contributed by atoms with Crippen LogP contribution >= 0.6 is 0 Å². The summed E-state index contributed by atoms with van der Waals surface area (Å²) < 4.78 is 13.9. The minimum atomic E-state index is -0.434. The molecule has 1 saturated heterocycles. The van der Waals surface area contributed by atoms with Gasteiger partial charge in [0.05, 0.1) is 5.69 Å². The van der Waals surface area contributed by atoms with E-state index in [1.165, 1.54) is 12.3 Å². The van der Waals surface area contributed by atoms with Gasteiger partial charge in [-0.05, 0) is 25.0 Å². The predicted molar refractivity (Wildman–Crippen MR) is 103 cm³/mol. The highest BCUT2D eigenvalue weighted by Crippen LogP contribution is 2.23. The van der Waals surface area contributed by atoms with Gasteiger partial charge < -0.3 is 15.2 Å². The average Bonchev–Trinajstić information content (AvgIpc) is 2.62. The van der Waals surface area contributed by atoms with Gasteiger partial charge in [0, 0.05) is 30.7 Å². The van der Waals surface area contributed by atoms with Crippen LogP contribution in [0.2, 0.25) is 0 Å². The zero-order valence-electron chi connectivity index (χ0n) is 15.9. The Morgan fingerprint density at radius 2 is 1.93 bits per heavy atom. The summed E-state index contributed by atoms with van der Waals surface area (Å²) >= 11 is 0. The van der Waals surface area contributed by atoms with E-state index in [9.17, 15) is 14.0 Å². The van der Waals surface area contributed by atoms with Crippen molar-refractivity contribution in [3.05, 3.63) is 58.0 Å². The Hall–Kier alpha value is -2.70. The Bertz CT molecular complexity index is 880. The quantitative estimate of drug-likeness (QED) is 0.868. The lowest BCUT2D eigenvalue weighted by Crippen LogP contribution is -2.46. The molecule has 0 unspecified atom stereocenters. The molecule has 1 aliphatic rings. The van der Waals surface area contributed by atoms with Gasteiger partial charge in [-0.15, -0.1) is 0 Å². The second-order valence-corrected chi connectivity index (χ2v) is 7.91. The van der Waals surface area contributed by atoms with Crippen molar-refractivity contribution in [1.29, 1.82) is 0 Å². The van der Waals surface area contributed by atoms with E-state index in [4.69, 9.17) is 0 Å². The van der Waals surface area contributed by atoms with Crippen LogP contribution in [-0.4, -0.2) is 35.0 Å². The number of halogens is 1. The van der Waals surface area contributed by atoms with E-state index in [0.717, 1.165) is 0 Å². The Kier molecular flexibility index (Phi) is 5.30. The molecular weight excluding hydrogens is 347 g/mol. The lowest BCUT2D eigenvalue weighted by Gasteiger charge is -2.34. The van der Waals surface area contributed by atoms with Crippen LogP contribution in [0, 0.1) is 5.82 Å². The summed E-state index contributed by atoms with van der Waals surface area (Å²) in [6.07, 6.45) is 2.71. The summed E-state index contributed by atoms with van der Waals surface area (Å²) in [6.45, 7) is 7.10. The van der Waals surface area contributed by atoms with Crippen molar-refractivity contribution in [2.24, 2.45) is 0 Å². The lowest BCUT2D eigenvalue weighted by atomic mass is 9.96. The number of piperidine rings is 1. The van der Waals surface area contributed by atoms with E-state index in [0.29, 0.717) is 37.4 Å². The van der Waals surface area contributed by atoms with Gasteiger partial charge in [0.2, 0.25) is 0 Å². The van der Waals surface area contributed by atoms with Gasteiger partial charge in [-0.3, -0.25) is 9.59 Å². The minimum Gasteiger partial charge on any atom is -0.369 e. The predicted octanol–water partition coefficient (Wildman–Crippen LogP) is 2.61. The maximum absolute atomic E-state index is 13.9. The fourth-order valence-electron chi connectivity index (χ4n) is 3.17. The number of aromatic nitrogens is 2. The number of nitrogens with one attached hydrogen (secondary N) is 2.